The smallest absolute Gasteiger partial charge is 0.111 e. The van der Waals surface area contributed by atoms with Crippen molar-refractivity contribution < 1.29 is 4.42 Å². The molecule has 3 rings (SSSR count). The number of furan rings is 1. The Hall–Kier alpha value is -1.24. The third kappa shape index (κ3) is 1.31. The van der Waals surface area contributed by atoms with Gasteiger partial charge in [-0.3, -0.25) is 0 Å². The monoisotopic (exact) mass is 214 g/mol. The van der Waals surface area contributed by atoms with E-state index in [1.165, 1.54) is 34.5 Å². The molecular formula is C15H18O. The van der Waals surface area contributed by atoms with Crippen LogP contribution in [-0.4, -0.2) is 0 Å². The number of aryl methyl sites for hydroxylation is 1. The summed E-state index contributed by atoms with van der Waals surface area (Å²) in [6.45, 7) is 6.69. The number of hydrogen-bond acceptors (Lipinski definition) is 1. The van der Waals surface area contributed by atoms with Crippen molar-refractivity contribution in [3.8, 4) is 0 Å². The Balaban J connectivity index is 2.19. The molecule has 2 unspecified atom stereocenters. The lowest BCUT2D eigenvalue weighted by Gasteiger charge is -2.33. The Morgan fingerprint density at radius 2 is 2.12 bits per heavy atom. The van der Waals surface area contributed by atoms with Gasteiger partial charge >= 0.3 is 0 Å². The van der Waals surface area contributed by atoms with Gasteiger partial charge in [0.15, 0.2) is 0 Å². The van der Waals surface area contributed by atoms with Gasteiger partial charge in [0, 0.05) is 12.0 Å². The van der Waals surface area contributed by atoms with Crippen LogP contribution in [0.1, 0.15) is 37.2 Å². The maximum Gasteiger partial charge on any atom is 0.111 e. The molecule has 0 saturated heterocycles. The van der Waals surface area contributed by atoms with Crippen molar-refractivity contribution in [3.05, 3.63) is 40.9 Å². The molecule has 84 valence electrons. The first-order valence-electron chi connectivity index (χ1n) is 6.12. The van der Waals surface area contributed by atoms with E-state index in [1.807, 2.05) is 6.26 Å². The van der Waals surface area contributed by atoms with Crippen molar-refractivity contribution in [1.82, 2.24) is 0 Å². The zero-order valence-corrected chi connectivity index (χ0v) is 10.2. The normalized spacial score (nSPS) is 27.9. The summed E-state index contributed by atoms with van der Waals surface area (Å²) in [7, 11) is 0. The van der Waals surface area contributed by atoms with Crippen molar-refractivity contribution in [3.63, 3.8) is 0 Å². The zero-order valence-electron chi connectivity index (χ0n) is 10.2. The molecule has 0 N–H and O–H groups in total. The van der Waals surface area contributed by atoms with Crippen LogP contribution in [0.5, 0.6) is 0 Å². The van der Waals surface area contributed by atoms with Crippen molar-refractivity contribution in [1.29, 1.82) is 0 Å². The van der Waals surface area contributed by atoms with Crippen LogP contribution in [-0.2, 0) is 6.42 Å². The number of allylic oxidation sites excluding steroid dienone is 4. The second-order valence-corrected chi connectivity index (χ2v) is 5.29. The molecule has 0 aromatic carbocycles. The van der Waals surface area contributed by atoms with E-state index in [0.717, 1.165) is 6.42 Å². The van der Waals surface area contributed by atoms with Gasteiger partial charge < -0.3 is 4.42 Å². The van der Waals surface area contributed by atoms with Crippen LogP contribution < -0.4 is 0 Å². The quantitative estimate of drug-likeness (QED) is 0.633. The molecule has 1 nitrogen and oxygen atoms in total. The summed E-state index contributed by atoms with van der Waals surface area (Å²) in [4.78, 5) is 0. The van der Waals surface area contributed by atoms with E-state index in [4.69, 9.17) is 4.42 Å². The zero-order chi connectivity index (χ0) is 11.3. The van der Waals surface area contributed by atoms with E-state index >= 15 is 0 Å². The highest BCUT2D eigenvalue weighted by atomic mass is 16.3. The molecule has 2 aliphatic carbocycles. The van der Waals surface area contributed by atoms with Crippen LogP contribution in [0.25, 0.3) is 5.57 Å². The molecule has 0 saturated carbocycles. The summed E-state index contributed by atoms with van der Waals surface area (Å²) in [5, 5.41) is 0. The summed E-state index contributed by atoms with van der Waals surface area (Å²) in [6, 6.07) is 0. The molecule has 1 heterocycles. The Morgan fingerprint density at radius 1 is 1.31 bits per heavy atom. The van der Waals surface area contributed by atoms with Crippen molar-refractivity contribution in [2.75, 3.05) is 0 Å². The second kappa shape index (κ2) is 3.38. The van der Waals surface area contributed by atoms with Crippen LogP contribution >= 0.6 is 0 Å². The summed E-state index contributed by atoms with van der Waals surface area (Å²) < 4.78 is 5.68. The number of fused-ring (bicyclic) bond motifs is 3. The van der Waals surface area contributed by atoms with Gasteiger partial charge in [-0.15, -0.1) is 0 Å². The minimum Gasteiger partial charge on any atom is -0.468 e. The molecule has 2 atom stereocenters. The molecular weight excluding hydrogens is 196 g/mol. The predicted octanol–water partition coefficient (Wildman–Crippen LogP) is 4.13. The van der Waals surface area contributed by atoms with Crippen LogP contribution in [0, 0.1) is 18.8 Å². The van der Waals surface area contributed by atoms with Crippen LogP contribution in [0.2, 0.25) is 0 Å². The van der Waals surface area contributed by atoms with Crippen LogP contribution in [0.3, 0.4) is 0 Å². The Bertz CT molecular complexity index is 488. The molecule has 16 heavy (non-hydrogen) atoms. The lowest BCUT2D eigenvalue weighted by molar-refractivity contribution is 0.377. The van der Waals surface area contributed by atoms with Gasteiger partial charge in [0.25, 0.3) is 0 Å². The van der Waals surface area contributed by atoms with E-state index < -0.39 is 0 Å². The van der Waals surface area contributed by atoms with Crippen molar-refractivity contribution in [2.24, 2.45) is 11.8 Å². The third-order valence-corrected chi connectivity index (χ3v) is 4.01. The van der Waals surface area contributed by atoms with E-state index in [0.29, 0.717) is 11.8 Å². The maximum atomic E-state index is 5.68. The van der Waals surface area contributed by atoms with E-state index in [-0.39, 0.29) is 0 Å². The minimum absolute atomic E-state index is 0.701. The molecule has 0 radical (unpaired) electrons. The Morgan fingerprint density at radius 3 is 2.94 bits per heavy atom. The average Bonchev–Trinajstić information content (AvgIpc) is 2.60. The second-order valence-electron chi connectivity index (χ2n) is 5.29. The van der Waals surface area contributed by atoms with Gasteiger partial charge in [-0.05, 0) is 43.2 Å². The summed E-state index contributed by atoms with van der Waals surface area (Å²) >= 11 is 0. The van der Waals surface area contributed by atoms with Gasteiger partial charge in [0.05, 0.1) is 6.26 Å². The Labute approximate surface area is 96.8 Å². The highest BCUT2D eigenvalue weighted by molar-refractivity contribution is 5.76. The predicted molar refractivity (Wildman–Crippen MR) is 66.2 cm³/mol. The number of rotatable bonds is 0. The molecule has 0 amide bonds. The summed E-state index contributed by atoms with van der Waals surface area (Å²) in [6.07, 6.45) is 8.92. The largest absolute Gasteiger partial charge is 0.468 e. The number of hydrogen-bond donors (Lipinski definition) is 0. The molecule has 0 bridgehead atoms. The summed E-state index contributed by atoms with van der Waals surface area (Å²) in [5.74, 6) is 2.60. The lowest BCUT2D eigenvalue weighted by atomic mass is 9.71. The fourth-order valence-corrected chi connectivity index (χ4v) is 3.12. The highest BCUT2D eigenvalue weighted by Gasteiger charge is 2.33. The van der Waals surface area contributed by atoms with Gasteiger partial charge in [-0.2, -0.15) is 0 Å². The van der Waals surface area contributed by atoms with Gasteiger partial charge in [-0.1, -0.05) is 24.6 Å². The molecule has 2 aliphatic rings. The topological polar surface area (TPSA) is 13.1 Å². The van der Waals surface area contributed by atoms with Crippen molar-refractivity contribution >= 4 is 5.57 Å². The van der Waals surface area contributed by atoms with Gasteiger partial charge in [0.1, 0.15) is 5.76 Å². The molecule has 0 spiro atoms. The molecule has 1 heteroatoms. The lowest BCUT2D eigenvalue weighted by Crippen LogP contribution is -2.23. The molecule has 1 aromatic heterocycles. The third-order valence-electron chi connectivity index (χ3n) is 4.01. The molecule has 0 fully saturated rings. The fraction of sp³-hybridized carbons (Fsp3) is 0.467. The molecule has 0 aliphatic heterocycles. The standard InChI is InChI=1S/C15H18O/c1-9-4-5-12-10(2)7-14-15(13(12)6-9)11(3)8-16-14/h4,6,8,10,12H,5,7H2,1-3H3. The van der Waals surface area contributed by atoms with E-state index in [9.17, 15) is 0 Å². The first-order valence-corrected chi connectivity index (χ1v) is 6.12. The van der Waals surface area contributed by atoms with E-state index in [2.05, 4.69) is 32.9 Å². The molecule has 1 aromatic rings. The van der Waals surface area contributed by atoms with E-state index in [1.54, 1.807) is 0 Å². The van der Waals surface area contributed by atoms with Crippen molar-refractivity contribution in [2.45, 2.75) is 33.6 Å². The first kappa shape index (κ1) is 9.95. The minimum atomic E-state index is 0.701. The van der Waals surface area contributed by atoms with Crippen LogP contribution in [0.15, 0.2) is 28.4 Å². The highest BCUT2D eigenvalue weighted by Crippen LogP contribution is 2.45. The van der Waals surface area contributed by atoms with Gasteiger partial charge in [-0.25, -0.2) is 0 Å². The maximum absolute atomic E-state index is 5.68. The average molecular weight is 214 g/mol. The SMILES string of the molecule is CC1=CCC2C(=C1)c1c(C)coc1CC2C. The Kier molecular flexibility index (Phi) is 2.10. The summed E-state index contributed by atoms with van der Waals surface area (Å²) in [5.41, 5.74) is 5.61. The first-order chi connectivity index (χ1) is 7.66. The van der Waals surface area contributed by atoms with Gasteiger partial charge in [0.2, 0.25) is 0 Å². The van der Waals surface area contributed by atoms with Crippen LogP contribution in [0.4, 0.5) is 0 Å². The fourth-order valence-electron chi connectivity index (χ4n) is 3.12.